The average molecular weight is 430 g/mol. The van der Waals surface area contributed by atoms with E-state index in [1.807, 2.05) is 41.8 Å². The van der Waals surface area contributed by atoms with Crippen molar-refractivity contribution in [3.63, 3.8) is 0 Å². The molecule has 1 N–H and O–H groups in total. The number of anilines is 1. The number of rotatable bonds is 3. The molecule has 4 nitrogen and oxygen atoms in total. The number of carbonyl (C=O) groups is 1. The minimum absolute atomic E-state index is 0.167. The SMILES string of the molecule is Cc1c(C(=O)Nc2cccc(Br)c2)sc2nc(-c3ccc(F)cc3)cn12. The topological polar surface area (TPSA) is 46.4 Å². The molecule has 0 atom stereocenters. The normalized spacial score (nSPS) is 11.0. The molecular weight excluding hydrogens is 417 g/mol. The first-order valence-corrected chi connectivity index (χ1v) is 9.43. The molecule has 0 radical (unpaired) electrons. The van der Waals surface area contributed by atoms with Crippen LogP contribution in [0.2, 0.25) is 0 Å². The number of hydrogen-bond donors (Lipinski definition) is 1. The molecule has 130 valence electrons. The summed E-state index contributed by atoms with van der Waals surface area (Å²) in [4.78, 5) is 18.5. The van der Waals surface area contributed by atoms with Crippen molar-refractivity contribution in [2.45, 2.75) is 6.92 Å². The highest BCUT2D eigenvalue weighted by molar-refractivity contribution is 9.10. The van der Waals surface area contributed by atoms with Crippen molar-refractivity contribution in [3.05, 3.63) is 75.6 Å². The fourth-order valence-electron chi connectivity index (χ4n) is 2.67. The monoisotopic (exact) mass is 429 g/mol. The molecule has 0 fully saturated rings. The van der Waals surface area contributed by atoms with Gasteiger partial charge in [0.1, 0.15) is 10.7 Å². The Kier molecular flexibility index (Phi) is 4.34. The number of imidazole rings is 1. The lowest BCUT2D eigenvalue weighted by Gasteiger charge is -2.04. The Morgan fingerprint density at radius 3 is 2.69 bits per heavy atom. The van der Waals surface area contributed by atoms with Gasteiger partial charge in [0.05, 0.1) is 5.69 Å². The van der Waals surface area contributed by atoms with Crippen LogP contribution >= 0.6 is 27.3 Å². The second kappa shape index (κ2) is 6.66. The van der Waals surface area contributed by atoms with Gasteiger partial charge in [-0.2, -0.15) is 0 Å². The molecule has 0 aliphatic rings. The first-order chi connectivity index (χ1) is 12.5. The van der Waals surface area contributed by atoms with E-state index in [2.05, 4.69) is 26.2 Å². The van der Waals surface area contributed by atoms with E-state index in [1.54, 1.807) is 12.1 Å². The standard InChI is InChI=1S/C19H13BrFN3OS/c1-11-17(18(25)22-15-4-2-3-13(20)9-15)26-19-23-16(10-24(11)19)12-5-7-14(21)8-6-12/h2-10H,1H3,(H,22,25). The third-order valence-electron chi connectivity index (χ3n) is 3.99. The van der Waals surface area contributed by atoms with Gasteiger partial charge in [-0.25, -0.2) is 9.37 Å². The van der Waals surface area contributed by atoms with Crippen molar-refractivity contribution >= 4 is 43.8 Å². The van der Waals surface area contributed by atoms with Crippen LogP contribution in [0.1, 0.15) is 15.4 Å². The lowest BCUT2D eigenvalue weighted by molar-refractivity contribution is 0.102. The number of aromatic nitrogens is 2. The van der Waals surface area contributed by atoms with Gasteiger partial charge in [-0.05, 0) is 49.4 Å². The maximum absolute atomic E-state index is 13.1. The number of nitrogens with zero attached hydrogens (tertiary/aromatic N) is 2. The smallest absolute Gasteiger partial charge is 0.267 e. The summed E-state index contributed by atoms with van der Waals surface area (Å²) >= 11 is 4.72. The van der Waals surface area contributed by atoms with E-state index in [0.717, 1.165) is 32.1 Å². The fourth-order valence-corrected chi connectivity index (χ4v) is 4.08. The van der Waals surface area contributed by atoms with E-state index in [-0.39, 0.29) is 11.7 Å². The van der Waals surface area contributed by atoms with Crippen LogP contribution in [0, 0.1) is 12.7 Å². The molecule has 0 bridgehead atoms. The third kappa shape index (κ3) is 3.15. The summed E-state index contributed by atoms with van der Waals surface area (Å²) in [6, 6.07) is 13.6. The maximum atomic E-state index is 13.1. The fraction of sp³-hybridized carbons (Fsp3) is 0.0526. The summed E-state index contributed by atoms with van der Waals surface area (Å²) in [6.45, 7) is 1.88. The molecule has 0 aliphatic heterocycles. The number of amides is 1. The van der Waals surface area contributed by atoms with E-state index in [1.165, 1.54) is 23.5 Å². The van der Waals surface area contributed by atoms with Crippen LogP contribution < -0.4 is 5.32 Å². The predicted molar refractivity (Wildman–Crippen MR) is 105 cm³/mol. The lowest BCUT2D eigenvalue weighted by Crippen LogP contribution is -2.11. The Morgan fingerprint density at radius 2 is 2.00 bits per heavy atom. The molecule has 2 aromatic carbocycles. The van der Waals surface area contributed by atoms with E-state index in [4.69, 9.17) is 0 Å². The highest BCUT2D eigenvalue weighted by Crippen LogP contribution is 2.28. The molecular formula is C19H13BrFN3OS. The molecule has 4 rings (SSSR count). The summed E-state index contributed by atoms with van der Waals surface area (Å²) in [5.74, 6) is -0.447. The second-order valence-electron chi connectivity index (χ2n) is 5.77. The zero-order valence-electron chi connectivity index (χ0n) is 13.7. The van der Waals surface area contributed by atoms with Crippen LogP contribution in [-0.2, 0) is 0 Å². The highest BCUT2D eigenvalue weighted by atomic mass is 79.9. The number of halogens is 2. The Morgan fingerprint density at radius 1 is 1.23 bits per heavy atom. The number of thiazole rings is 1. The quantitative estimate of drug-likeness (QED) is 0.465. The predicted octanol–water partition coefficient (Wildman–Crippen LogP) is 5.53. The molecule has 2 heterocycles. The van der Waals surface area contributed by atoms with Crippen molar-refractivity contribution in [2.75, 3.05) is 5.32 Å². The number of carbonyl (C=O) groups excluding carboxylic acids is 1. The average Bonchev–Trinajstić information content (AvgIpc) is 3.15. The number of hydrogen-bond acceptors (Lipinski definition) is 3. The zero-order valence-corrected chi connectivity index (χ0v) is 16.1. The third-order valence-corrected chi connectivity index (χ3v) is 5.63. The van der Waals surface area contributed by atoms with Gasteiger partial charge in [-0.1, -0.05) is 33.3 Å². The number of fused-ring (bicyclic) bond motifs is 1. The van der Waals surface area contributed by atoms with Gasteiger partial charge in [0, 0.05) is 27.6 Å². The van der Waals surface area contributed by atoms with E-state index >= 15 is 0 Å². The van der Waals surface area contributed by atoms with Gasteiger partial charge in [-0.3, -0.25) is 9.20 Å². The molecule has 4 aromatic rings. The van der Waals surface area contributed by atoms with E-state index in [9.17, 15) is 9.18 Å². The highest BCUT2D eigenvalue weighted by Gasteiger charge is 2.18. The summed E-state index contributed by atoms with van der Waals surface area (Å²) in [5.41, 5.74) is 3.13. The Labute approximate surface area is 161 Å². The van der Waals surface area contributed by atoms with Crippen LogP contribution in [-0.4, -0.2) is 15.3 Å². The van der Waals surface area contributed by atoms with Crippen molar-refractivity contribution in [3.8, 4) is 11.3 Å². The Bertz CT molecular complexity index is 1120. The van der Waals surface area contributed by atoms with Gasteiger partial charge >= 0.3 is 0 Å². The summed E-state index contributed by atoms with van der Waals surface area (Å²) < 4.78 is 15.9. The van der Waals surface area contributed by atoms with Gasteiger partial charge in [0.25, 0.3) is 5.91 Å². The van der Waals surface area contributed by atoms with Crippen LogP contribution in [0.15, 0.2) is 59.2 Å². The Hall–Kier alpha value is -2.51. The van der Waals surface area contributed by atoms with Crippen molar-refractivity contribution < 1.29 is 9.18 Å². The number of aryl methyl sites for hydroxylation is 1. The molecule has 7 heteroatoms. The molecule has 0 saturated carbocycles. The van der Waals surface area contributed by atoms with Gasteiger partial charge in [0.2, 0.25) is 0 Å². The van der Waals surface area contributed by atoms with Crippen molar-refractivity contribution in [1.82, 2.24) is 9.38 Å². The summed E-state index contributed by atoms with van der Waals surface area (Å²) in [5, 5.41) is 2.90. The van der Waals surface area contributed by atoms with Gasteiger partial charge < -0.3 is 5.32 Å². The number of benzene rings is 2. The van der Waals surface area contributed by atoms with Crippen molar-refractivity contribution in [1.29, 1.82) is 0 Å². The van der Waals surface area contributed by atoms with Crippen LogP contribution in [0.5, 0.6) is 0 Å². The van der Waals surface area contributed by atoms with E-state index < -0.39 is 0 Å². The largest absolute Gasteiger partial charge is 0.321 e. The summed E-state index contributed by atoms with van der Waals surface area (Å²) in [7, 11) is 0. The molecule has 1 amide bonds. The maximum Gasteiger partial charge on any atom is 0.267 e. The van der Waals surface area contributed by atoms with E-state index in [0.29, 0.717) is 4.88 Å². The molecule has 0 spiro atoms. The van der Waals surface area contributed by atoms with Crippen LogP contribution in [0.3, 0.4) is 0 Å². The van der Waals surface area contributed by atoms with Crippen LogP contribution in [0.25, 0.3) is 16.2 Å². The molecule has 0 aliphatic carbocycles. The Balaban J connectivity index is 1.65. The van der Waals surface area contributed by atoms with Gasteiger partial charge in [0.15, 0.2) is 4.96 Å². The molecule has 0 saturated heterocycles. The molecule has 0 unspecified atom stereocenters. The first-order valence-electron chi connectivity index (χ1n) is 7.82. The van der Waals surface area contributed by atoms with Crippen molar-refractivity contribution in [2.24, 2.45) is 0 Å². The molecule has 2 aromatic heterocycles. The first kappa shape index (κ1) is 16.9. The summed E-state index contributed by atoms with van der Waals surface area (Å²) in [6.07, 6.45) is 1.87. The zero-order chi connectivity index (χ0) is 18.3. The van der Waals surface area contributed by atoms with Crippen LogP contribution in [0.4, 0.5) is 10.1 Å². The van der Waals surface area contributed by atoms with Gasteiger partial charge in [-0.15, -0.1) is 0 Å². The second-order valence-corrected chi connectivity index (χ2v) is 7.66. The number of nitrogens with one attached hydrogen (secondary N) is 1. The lowest BCUT2D eigenvalue weighted by atomic mass is 10.2. The minimum Gasteiger partial charge on any atom is -0.321 e. The molecule has 26 heavy (non-hydrogen) atoms. The minimum atomic E-state index is -0.280.